The Balaban J connectivity index is 1.78. The van der Waals surface area contributed by atoms with Gasteiger partial charge in [0.2, 0.25) is 6.79 Å². The Morgan fingerprint density at radius 2 is 1.65 bits per heavy atom. The number of allylic oxidation sites excluding steroid dienone is 3. The minimum Gasteiger partial charge on any atom is -0.497 e. The first-order chi connectivity index (χ1) is 22.4. The van der Waals surface area contributed by atoms with E-state index in [1.54, 1.807) is 60.8 Å². The van der Waals surface area contributed by atoms with Crippen LogP contribution in [0.15, 0.2) is 29.5 Å². The van der Waals surface area contributed by atoms with Crippen molar-refractivity contribution in [1.82, 2.24) is 15.6 Å². The molecule has 1 aromatic heterocycles. The standard InChI is InChI=1S/C35H49N3O10/c1-10-22-20(2)27(44-9)17-24(22)23-13-14-25(30(40)36-18-21-11-12-21)37-29(23)32(42)46-19-45-31(41)26(38-33(43)48-35(6,7)8)15-16-28(39)47-34(3,4)5/h13-14,17,21-22,26H,10-12,15-16,18-19H2,1-9H3,(H,36,40)(H,38,43)/t22-,26+/m1/s1. The quantitative estimate of drug-likeness (QED) is 0.151. The number of ether oxygens (including phenoxy) is 5. The second-order valence-electron chi connectivity index (χ2n) is 13.9. The van der Waals surface area contributed by atoms with Crippen molar-refractivity contribution in [2.75, 3.05) is 20.4 Å². The lowest BCUT2D eigenvalue weighted by molar-refractivity contribution is -0.157. The van der Waals surface area contributed by atoms with Gasteiger partial charge in [0.25, 0.3) is 5.91 Å². The Morgan fingerprint density at radius 1 is 0.979 bits per heavy atom. The maximum Gasteiger partial charge on any atom is 0.408 e. The lowest BCUT2D eigenvalue weighted by Gasteiger charge is -2.23. The molecule has 0 radical (unpaired) electrons. The van der Waals surface area contributed by atoms with Crippen LogP contribution in [-0.2, 0) is 33.3 Å². The molecule has 13 nitrogen and oxygen atoms in total. The number of esters is 3. The summed E-state index contributed by atoms with van der Waals surface area (Å²) in [6.45, 7) is 13.8. The third-order valence-corrected chi connectivity index (χ3v) is 7.51. The molecule has 1 heterocycles. The first-order valence-corrected chi connectivity index (χ1v) is 16.2. The van der Waals surface area contributed by atoms with Crippen LogP contribution < -0.4 is 10.6 Å². The zero-order chi connectivity index (χ0) is 35.8. The fraction of sp³-hybridized carbons (Fsp3) is 0.600. The minimum absolute atomic E-state index is 0.0374. The second kappa shape index (κ2) is 16.1. The summed E-state index contributed by atoms with van der Waals surface area (Å²) in [7, 11) is 1.57. The number of nitrogens with one attached hydrogen (secondary N) is 2. The Bertz CT molecular complexity index is 1450. The zero-order valence-corrected chi connectivity index (χ0v) is 29.4. The van der Waals surface area contributed by atoms with Crippen LogP contribution in [0.1, 0.15) is 114 Å². The summed E-state index contributed by atoms with van der Waals surface area (Å²) in [4.78, 5) is 68.6. The molecular weight excluding hydrogens is 622 g/mol. The van der Waals surface area contributed by atoms with Crippen molar-refractivity contribution in [2.24, 2.45) is 11.8 Å². The summed E-state index contributed by atoms with van der Waals surface area (Å²) in [6.07, 6.45) is 3.39. The Labute approximate surface area is 282 Å². The van der Waals surface area contributed by atoms with E-state index in [0.29, 0.717) is 23.8 Å². The molecule has 0 aromatic carbocycles. The third-order valence-electron chi connectivity index (χ3n) is 7.51. The fourth-order valence-electron chi connectivity index (χ4n) is 5.06. The average Bonchev–Trinajstić information content (AvgIpc) is 3.76. The fourth-order valence-corrected chi connectivity index (χ4v) is 5.06. The molecule has 2 aliphatic carbocycles. The van der Waals surface area contributed by atoms with E-state index in [2.05, 4.69) is 15.6 Å². The predicted octanol–water partition coefficient (Wildman–Crippen LogP) is 5.24. The van der Waals surface area contributed by atoms with Gasteiger partial charge in [0, 0.05) is 24.4 Å². The summed E-state index contributed by atoms with van der Waals surface area (Å²) in [5.74, 6) is -1.84. The number of methoxy groups -OCH3 is 1. The molecule has 2 aliphatic rings. The van der Waals surface area contributed by atoms with E-state index in [1.807, 2.05) is 19.9 Å². The highest BCUT2D eigenvalue weighted by Gasteiger charge is 2.32. The van der Waals surface area contributed by atoms with Gasteiger partial charge in [-0.25, -0.2) is 19.4 Å². The normalized spacial score (nSPS) is 16.8. The highest BCUT2D eigenvalue weighted by Crippen LogP contribution is 2.41. The molecule has 2 amide bonds. The first-order valence-electron chi connectivity index (χ1n) is 16.2. The number of amides is 2. The highest BCUT2D eigenvalue weighted by atomic mass is 16.7. The monoisotopic (exact) mass is 671 g/mol. The molecule has 0 aliphatic heterocycles. The molecule has 0 unspecified atom stereocenters. The van der Waals surface area contributed by atoms with E-state index in [-0.39, 0.29) is 30.1 Å². The Kier molecular flexibility index (Phi) is 12.8. The van der Waals surface area contributed by atoms with Crippen LogP contribution in [0.2, 0.25) is 0 Å². The zero-order valence-electron chi connectivity index (χ0n) is 29.4. The number of hydrogen-bond donors (Lipinski definition) is 2. The average molecular weight is 672 g/mol. The van der Waals surface area contributed by atoms with E-state index in [0.717, 1.165) is 30.4 Å². The maximum absolute atomic E-state index is 13.5. The lowest BCUT2D eigenvalue weighted by atomic mass is 9.88. The van der Waals surface area contributed by atoms with Gasteiger partial charge in [-0.2, -0.15) is 0 Å². The van der Waals surface area contributed by atoms with Crippen molar-refractivity contribution in [3.05, 3.63) is 46.5 Å². The summed E-state index contributed by atoms with van der Waals surface area (Å²) in [6, 6.07) is 1.90. The predicted molar refractivity (Wildman–Crippen MR) is 175 cm³/mol. The van der Waals surface area contributed by atoms with E-state index in [9.17, 15) is 24.0 Å². The molecule has 3 rings (SSSR count). The summed E-state index contributed by atoms with van der Waals surface area (Å²) >= 11 is 0. The van der Waals surface area contributed by atoms with Crippen LogP contribution in [-0.4, -0.2) is 72.6 Å². The third kappa shape index (κ3) is 11.4. The first kappa shape index (κ1) is 38.0. The number of carbonyl (C=O) groups is 5. The van der Waals surface area contributed by atoms with E-state index in [4.69, 9.17) is 23.7 Å². The molecule has 1 aromatic rings. The van der Waals surface area contributed by atoms with Gasteiger partial charge in [-0.1, -0.05) is 6.92 Å². The van der Waals surface area contributed by atoms with Gasteiger partial charge in [0.15, 0.2) is 5.69 Å². The summed E-state index contributed by atoms with van der Waals surface area (Å²) in [5.41, 5.74) is 0.528. The topological polar surface area (TPSA) is 168 Å². The van der Waals surface area contributed by atoms with Crippen molar-refractivity contribution in [1.29, 1.82) is 0 Å². The summed E-state index contributed by atoms with van der Waals surface area (Å²) in [5, 5.41) is 5.26. The lowest BCUT2D eigenvalue weighted by Crippen LogP contribution is -2.45. The Morgan fingerprint density at radius 3 is 2.23 bits per heavy atom. The highest BCUT2D eigenvalue weighted by molar-refractivity contribution is 5.98. The molecule has 13 heteroatoms. The number of pyridine rings is 1. The molecule has 0 spiro atoms. The largest absolute Gasteiger partial charge is 0.497 e. The molecule has 1 saturated carbocycles. The van der Waals surface area contributed by atoms with Gasteiger partial charge in [-0.05, 0) is 109 Å². The van der Waals surface area contributed by atoms with Crippen LogP contribution >= 0.6 is 0 Å². The summed E-state index contributed by atoms with van der Waals surface area (Å²) < 4.78 is 26.6. The van der Waals surface area contributed by atoms with E-state index >= 15 is 0 Å². The number of alkyl carbamates (subject to hydrolysis) is 1. The van der Waals surface area contributed by atoms with Gasteiger partial charge >= 0.3 is 24.0 Å². The molecule has 2 atom stereocenters. The molecule has 48 heavy (non-hydrogen) atoms. The molecule has 0 bridgehead atoms. The van der Waals surface area contributed by atoms with E-state index in [1.165, 1.54) is 0 Å². The SMILES string of the molecule is CC[C@H]1C(c2ccc(C(=O)NCC3CC3)nc2C(=O)OCOC(=O)[C@H](CCC(=O)OC(C)(C)C)NC(=O)OC(C)(C)C)=CC(OC)=C1C. The number of rotatable bonds is 14. The van der Waals surface area contributed by atoms with Gasteiger partial charge in [0.05, 0.1) is 7.11 Å². The van der Waals surface area contributed by atoms with Gasteiger partial charge < -0.3 is 34.3 Å². The number of carbonyl (C=O) groups excluding carboxylic acids is 5. The van der Waals surface area contributed by atoms with Crippen LogP contribution in [0.4, 0.5) is 4.79 Å². The maximum atomic E-state index is 13.5. The van der Waals surface area contributed by atoms with Crippen molar-refractivity contribution in [3.63, 3.8) is 0 Å². The number of aromatic nitrogens is 1. The van der Waals surface area contributed by atoms with Crippen LogP contribution in [0.3, 0.4) is 0 Å². The molecule has 1 fully saturated rings. The van der Waals surface area contributed by atoms with Crippen LogP contribution in [0.25, 0.3) is 5.57 Å². The number of nitrogens with zero attached hydrogens (tertiary/aromatic N) is 1. The van der Waals surface area contributed by atoms with Crippen LogP contribution in [0.5, 0.6) is 0 Å². The Hall–Kier alpha value is -4.42. The van der Waals surface area contributed by atoms with Crippen molar-refractivity contribution >= 4 is 35.5 Å². The second-order valence-corrected chi connectivity index (χ2v) is 13.9. The van der Waals surface area contributed by atoms with Gasteiger partial charge in [-0.3, -0.25) is 9.59 Å². The molecule has 2 N–H and O–H groups in total. The molecule has 0 saturated heterocycles. The van der Waals surface area contributed by atoms with Crippen LogP contribution in [0, 0.1) is 11.8 Å². The van der Waals surface area contributed by atoms with Gasteiger partial charge in [-0.15, -0.1) is 0 Å². The molecule has 264 valence electrons. The van der Waals surface area contributed by atoms with E-state index < -0.39 is 53.9 Å². The van der Waals surface area contributed by atoms with Crippen molar-refractivity contribution in [2.45, 2.75) is 105 Å². The smallest absolute Gasteiger partial charge is 0.408 e. The van der Waals surface area contributed by atoms with Gasteiger partial charge in [0.1, 0.15) is 28.7 Å². The van der Waals surface area contributed by atoms with Crippen molar-refractivity contribution in [3.8, 4) is 0 Å². The van der Waals surface area contributed by atoms with Crippen molar-refractivity contribution < 1.29 is 47.7 Å². The minimum atomic E-state index is -1.31. The number of hydrogen-bond acceptors (Lipinski definition) is 11. The molecular formula is C35H49N3O10.